The molecule has 2 rings (SSSR count). The summed E-state index contributed by atoms with van der Waals surface area (Å²) in [4.78, 5) is 0.118. The van der Waals surface area contributed by atoms with E-state index in [1.54, 1.807) is 7.05 Å². The highest BCUT2D eigenvalue weighted by Gasteiger charge is 2.30. The fourth-order valence-electron chi connectivity index (χ4n) is 1.75. The summed E-state index contributed by atoms with van der Waals surface area (Å²) in [6, 6.07) is 0. The molecule has 0 unspecified atom stereocenters. The number of nitrogen functional groups attached to an aromatic ring is 1. The Kier molecular flexibility index (Phi) is 2.43. The van der Waals surface area contributed by atoms with Crippen molar-refractivity contribution < 1.29 is 8.42 Å². The largest absolute Gasteiger partial charge is 0.381 e. The predicted octanol–water partition coefficient (Wildman–Crippen LogP) is -0.213. The van der Waals surface area contributed by atoms with E-state index < -0.39 is 10.0 Å². The average Bonchev–Trinajstić information content (AvgIpc) is 2.74. The van der Waals surface area contributed by atoms with Crippen molar-refractivity contribution in [3.8, 4) is 0 Å². The van der Waals surface area contributed by atoms with Gasteiger partial charge in [0.1, 0.15) is 4.90 Å². The molecule has 1 aromatic heterocycles. The van der Waals surface area contributed by atoms with Gasteiger partial charge in [-0.1, -0.05) is 0 Å². The first-order chi connectivity index (χ1) is 7.01. The van der Waals surface area contributed by atoms with Crippen LogP contribution in [0.15, 0.2) is 11.1 Å². The van der Waals surface area contributed by atoms with Gasteiger partial charge < -0.3 is 5.73 Å². The second kappa shape index (κ2) is 3.49. The first-order valence-electron chi connectivity index (χ1n) is 4.81. The van der Waals surface area contributed by atoms with Crippen molar-refractivity contribution in [3.63, 3.8) is 0 Å². The second-order valence-corrected chi connectivity index (χ2v) is 5.57. The maximum absolute atomic E-state index is 12.1. The van der Waals surface area contributed by atoms with Crippen LogP contribution in [0.1, 0.15) is 12.8 Å². The minimum absolute atomic E-state index is 0.0735. The summed E-state index contributed by atoms with van der Waals surface area (Å²) in [7, 11) is -1.77. The standard InChI is InChI=1S/C8H14N4O2S/c1-11-6-7(8(9)10-11)15(13,14)12-4-2-3-5-12/h6H,2-5H2,1H3,(H2,9,10). The normalized spacial score (nSPS) is 18.5. The number of aromatic nitrogens is 2. The molecule has 84 valence electrons. The third-order valence-corrected chi connectivity index (χ3v) is 4.42. The zero-order chi connectivity index (χ0) is 11.1. The van der Waals surface area contributed by atoms with Crippen LogP contribution in [0, 0.1) is 0 Å². The monoisotopic (exact) mass is 230 g/mol. The summed E-state index contributed by atoms with van der Waals surface area (Å²) in [6.07, 6.45) is 3.28. The van der Waals surface area contributed by atoms with Gasteiger partial charge in [-0.15, -0.1) is 0 Å². The summed E-state index contributed by atoms with van der Waals surface area (Å²) < 4.78 is 27.0. The van der Waals surface area contributed by atoms with E-state index in [2.05, 4.69) is 5.10 Å². The van der Waals surface area contributed by atoms with Gasteiger partial charge in [0.05, 0.1) is 0 Å². The second-order valence-electron chi connectivity index (χ2n) is 3.66. The molecule has 7 heteroatoms. The molecule has 1 saturated heterocycles. The minimum atomic E-state index is -3.42. The molecule has 1 aliphatic rings. The van der Waals surface area contributed by atoms with Crippen LogP contribution in [0.2, 0.25) is 0 Å². The van der Waals surface area contributed by atoms with Gasteiger partial charge >= 0.3 is 0 Å². The van der Waals surface area contributed by atoms with Gasteiger partial charge in [-0.3, -0.25) is 4.68 Å². The van der Waals surface area contributed by atoms with Crippen molar-refractivity contribution in [2.24, 2.45) is 7.05 Å². The molecule has 1 fully saturated rings. The van der Waals surface area contributed by atoms with E-state index in [-0.39, 0.29) is 10.7 Å². The molecule has 2 heterocycles. The van der Waals surface area contributed by atoms with Crippen molar-refractivity contribution in [2.45, 2.75) is 17.7 Å². The SMILES string of the molecule is Cn1cc(S(=O)(=O)N2CCCC2)c(N)n1. The van der Waals surface area contributed by atoms with Crippen molar-refractivity contribution in [3.05, 3.63) is 6.20 Å². The van der Waals surface area contributed by atoms with E-state index >= 15 is 0 Å². The molecule has 15 heavy (non-hydrogen) atoms. The molecule has 0 radical (unpaired) electrons. The molecule has 0 aromatic carbocycles. The minimum Gasteiger partial charge on any atom is -0.381 e. The van der Waals surface area contributed by atoms with Gasteiger partial charge in [0.15, 0.2) is 5.82 Å². The van der Waals surface area contributed by atoms with Crippen LogP contribution in [0.3, 0.4) is 0 Å². The van der Waals surface area contributed by atoms with Crippen LogP contribution >= 0.6 is 0 Å². The first-order valence-corrected chi connectivity index (χ1v) is 6.25. The van der Waals surface area contributed by atoms with E-state index in [1.807, 2.05) is 0 Å². The van der Waals surface area contributed by atoms with Gasteiger partial charge in [0.25, 0.3) is 0 Å². The quantitative estimate of drug-likeness (QED) is 0.762. The van der Waals surface area contributed by atoms with E-state index in [9.17, 15) is 8.42 Å². The highest BCUT2D eigenvalue weighted by molar-refractivity contribution is 7.89. The fourth-order valence-corrected chi connectivity index (χ4v) is 3.36. The Morgan fingerprint density at radius 3 is 2.47 bits per heavy atom. The number of anilines is 1. The van der Waals surface area contributed by atoms with Crippen molar-refractivity contribution >= 4 is 15.8 Å². The molecule has 0 bridgehead atoms. The molecule has 6 nitrogen and oxygen atoms in total. The van der Waals surface area contributed by atoms with E-state index in [4.69, 9.17) is 5.73 Å². The average molecular weight is 230 g/mol. The Hall–Kier alpha value is -1.08. The number of rotatable bonds is 2. The smallest absolute Gasteiger partial charge is 0.248 e. The van der Waals surface area contributed by atoms with Crippen molar-refractivity contribution in [1.82, 2.24) is 14.1 Å². The summed E-state index contributed by atoms with van der Waals surface area (Å²) in [5, 5.41) is 3.84. The predicted molar refractivity (Wildman–Crippen MR) is 55.6 cm³/mol. The molecule has 0 amide bonds. The molecule has 0 saturated carbocycles. The number of nitrogens with zero attached hydrogens (tertiary/aromatic N) is 3. The number of hydrogen-bond acceptors (Lipinski definition) is 4. The molecular formula is C8H14N4O2S. The summed E-state index contributed by atoms with van der Waals surface area (Å²) >= 11 is 0. The van der Waals surface area contributed by atoms with Gasteiger partial charge in [-0.25, -0.2) is 8.42 Å². The zero-order valence-corrected chi connectivity index (χ0v) is 9.37. The van der Waals surface area contributed by atoms with Crippen molar-refractivity contribution in [1.29, 1.82) is 0 Å². The van der Waals surface area contributed by atoms with E-state index in [0.29, 0.717) is 13.1 Å². The number of nitrogens with two attached hydrogens (primary N) is 1. The summed E-state index contributed by atoms with van der Waals surface area (Å²) in [5.74, 6) is 0.0735. The number of hydrogen-bond donors (Lipinski definition) is 1. The van der Waals surface area contributed by atoms with Gasteiger partial charge in [-0.2, -0.15) is 9.40 Å². The Balaban J connectivity index is 2.40. The third-order valence-electron chi connectivity index (χ3n) is 2.50. The fraction of sp³-hybridized carbons (Fsp3) is 0.625. The third kappa shape index (κ3) is 1.72. The summed E-state index contributed by atoms with van der Waals surface area (Å²) in [5.41, 5.74) is 5.56. The molecule has 0 spiro atoms. The topological polar surface area (TPSA) is 81.2 Å². The lowest BCUT2D eigenvalue weighted by Crippen LogP contribution is -2.28. The molecule has 1 aliphatic heterocycles. The van der Waals surface area contributed by atoms with Crippen LogP contribution in [-0.2, 0) is 17.1 Å². The maximum Gasteiger partial charge on any atom is 0.248 e. The van der Waals surface area contributed by atoms with Crippen LogP contribution in [-0.4, -0.2) is 35.6 Å². The molecule has 0 aliphatic carbocycles. The molecule has 1 aromatic rings. The lowest BCUT2D eigenvalue weighted by Gasteiger charge is -2.13. The summed E-state index contributed by atoms with van der Waals surface area (Å²) in [6.45, 7) is 1.16. The lowest BCUT2D eigenvalue weighted by atomic mass is 10.4. The Morgan fingerprint density at radius 1 is 1.40 bits per heavy atom. The number of aryl methyl sites for hydroxylation is 1. The van der Waals surface area contributed by atoms with E-state index in [0.717, 1.165) is 12.8 Å². The molecular weight excluding hydrogens is 216 g/mol. The first kappa shape index (κ1) is 10.4. The van der Waals surface area contributed by atoms with E-state index in [1.165, 1.54) is 15.2 Å². The highest BCUT2D eigenvalue weighted by Crippen LogP contribution is 2.23. The van der Waals surface area contributed by atoms with Gasteiger partial charge in [-0.05, 0) is 12.8 Å². The lowest BCUT2D eigenvalue weighted by molar-refractivity contribution is 0.477. The Bertz CT molecular complexity index is 459. The molecule has 2 N–H and O–H groups in total. The highest BCUT2D eigenvalue weighted by atomic mass is 32.2. The van der Waals surface area contributed by atoms with Crippen LogP contribution in [0.5, 0.6) is 0 Å². The zero-order valence-electron chi connectivity index (χ0n) is 8.55. The van der Waals surface area contributed by atoms with Crippen molar-refractivity contribution in [2.75, 3.05) is 18.8 Å². The van der Waals surface area contributed by atoms with Crippen LogP contribution in [0.4, 0.5) is 5.82 Å². The van der Waals surface area contributed by atoms with Crippen LogP contribution in [0.25, 0.3) is 0 Å². The maximum atomic E-state index is 12.1. The Morgan fingerprint density at radius 2 is 2.00 bits per heavy atom. The van der Waals surface area contributed by atoms with Crippen LogP contribution < -0.4 is 5.73 Å². The van der Waals surface area contributed by atoms with Gasteiger partial charge in [0.2, 0.25) is 10.0 Å². The number of sulfonamides is 1. The molecule has 0 atom stereocenters. The van der Waals surface area contributed by atoms with Gasteiger partial charge in [0, 0.05) is 26.3 Å². The Labute approximate surface area is 88.7 Å².